The van der Waals surface area contributed by atoms with Crippen LogP contribution in [0.15, 0.2) is 0 Å². The number of rotatable bonds is 26. The van der Waals surface area contributed by atoms with Crippen LogP contribution in [-0.4, -0.2) is 75.6 Å². The Morgan fingerprint density at radius 1 is 0.791 bits per heavy atom. The van der Waals surface area contributed by atoms with Crippen molar-refractivity contribution in [2.45, 2.75) is 118 Å². The lowest BCUT2D eigenvalue weighted by atomic mass is 9.62. The van der Waals surface area contributed by atoms with E-state index in [-0.39, 0.29) is 24.7 Å². The monoisotopic (exact) mass is 612 g/mol. The number of aliphatic carboxylic acids is 1. The van der Waals surface area contributed by atoms with Crippen LogP contribution in [0.2, 0.25) is 0 Å². The van der Waals surface area contributed by atoms with E-state index in [4.69, 9.17) is 19.3 Å². The van der Waals surface area contributed by atoms with E-state index < -0.39 is 5.97 Å². The van der Waals surface area contributed by atoms with Crippen molar-refractivity contribution < 1.29 is 33.7 Å². The zero-order valence-electron chi connectivity index (χ0n) is 28.1. The summed E-state index contributed by atoms with van der Waals surface area (Å²) in [6.45, 7) is 16.1. The second-order valence-electron chi connectivity index (χ2n) is 13.5. The van der Waals surface area contributed by atoms with Gasteiger partial charge in [-0.15, -0.1) is 0 Å². The first-order chi connectivity index (χ1) is 20.5. The molecule has 1 aliphatic rings. The van der Waals surface area contributed by atoms with E-state index in [0.717, 1.165) is 30.6 Å². The molecule has 3 N–H and O–H groups in total. The lowest BCUT2D eigenvalue weighted by Crippen LogP contribution is -2.33. The normalized spacial score (nSPS) is 19.5. The molecule has 0 aromatic rings. The van der Waals surface area contributed by atoms with Crippen molar-refractivity contribution in [2.24, 2.45) is 29.1 Å². The van der Waals surface area contributed by atoms with Crippen LogP contribution in [-0.2, 0) is 28.6 Å². The van der Waals surface area contributed by atoms with Gasteiger partial charge in [0.25, 0.3) is 0 Å². The Labute approximate surface area is 261 Å². The highest BCUT2D eigenvalue weighted by atomic mass is 16.5. The molecule has 4 atom stereocenters. The highest BCUT2D eigenvalue weighted by molar-refractivity contribution is 5.80. The molecule has 43 heavy (non-hydrogen) atoms. The first kappa shape index (κ1) is 39.3. The first-order valence-electron chi connectivity index (χ1n) is 17.0. The van der Waals surface area contributed by atoms with Crippen LogP contribution < -0.4 is 10.6 Å². The van der Waals surface area contributed by atoms with Crippen LogP contribution in [0.25, 0.3) is 0 Å². The molecular weight excluding hydrogens is 548 g/mol. The molecule has 252 valence electrons. The molecule has 0 heterocycles. The summed E-state index contributed by atoms with van der Waals surface area (Å²) in [6, 6.07) is 0. The van der Waals surface area contributed by atoms with Gasteiger partial charge in [-0.1, -0.05) is 73.1 Å². The average Bonchev–Trinajstić information content (AvgIpc) is 2.93. The van der Waals surface area contributed by atoms with E-state index in [1.807, 2.05) is 0 Å². The zero-order valence-corrected chi connectivity index (χ0v) is 28.1. The van der Waals surface area contributed by atoms with Crippen molar-refractivity contribution in [3.63, 3.8) is 0 Å². The first-order valence-corrected chi connectivity index (χ1v) is 17.0. The van der Waals surface area contributed by atoms with E-state index >= 15 is 0 Å². The van der Waals surface area contributed by atoms with Crippen molar-refractivity contribution in [1.82, 2.24) is 10.6 Å². The number of carbonyl (C=O) groups excluding carboxylic acids is 2. The minimum absolute atomic E-state index is 0.00152. The second kappa shape index (κ2) is 23.6. The molecular formula is C34H64N2O7. The van der Waals surface area contributed by atoms with Gasteiger partial charge in [-0.2, -0.15) is 0 Å². The third-order valence-electron chi connectivity index (χ3n) is 8.95. The fourth-order valence-corrected chi connectivity index (χ4v) is 6.28. The predicted octanol–water partition coefficient (Wildman–Crippen LogP) is 5.99. The molecule has 1 fully saturated rings. The molecule has 0 aromatic heterocycles. The van der Waals surface area contributed by atoms with Gasteiger partial charge in [-0.05, 0) is 54.8 Å². The summed E-state index contributed by atoms with van der Waals surface area (Å²) in [5.74, 6) is 1.81. The highest BCUT2D eigenvalue weighted by Crippen LogP contribution is 2.46. The Hall–Kier alpha value is -1.71. The molecule has 0 radical (unpaired) electrons. The topological polar surface area (TPSA) is 123 Å². The lowest BCUT2D eigenvalue weighted by Gasteiger charge is -2.43. The molecule has 0 spiro atoms. The Morgan fingerprint density at radius 3 is 1.93 bits per heavy atom. The molecule has 9 heteroatoms. The lowest BCUT2D eigenvalue weighted by molar-refractivity contribution is -0.138. The number of nitrogens with one attached hydrogen (secondary N) is 2. The molecule has 2 amide bonds. The number of hydrogen-bond acceptors (Lipinski definition) is 6. The van der Waals surface area contributed by atoms with Gasteiger partial charge in [0.05, 0.1) is 32.8 Å². The standard InChI is InChI=1S/C34H64N2O7/c1-27(13-14-30-29(3)12-7-17-34(30,4)5)10-6-11-28(2)26-32(38)36-19-9-21-42-23-25-43-24-22-41-20-8-18-35-31(37)15-16-33(39)40/h27-30H,6-26H2,1-5H3,(H,35,37)(H,36,38)(H,39,40). The maximum Gasteiger partial charge on any atom is 0.303 e. The fraction of sp³-hybridized carbons (Fsp3) is 0.912. The van der Waals surface area contributed by atoms with Crippen LogP contribution in [0.1, 0.15) is 118 Å². The third kappa shape index (κ3) is 20.8. The van der Waals surface area contributed by atoms with Crippen molar-refractivity contribution in [2.75, 3.05) is 52.7 Å². The van der Waals surface area contributed by atoms with E-state index in [0.29, 0.717) is 76.9 Å². The molecule has 9 nitrogen and oxygen atoms in total. The minimum Gasteiger partial charge on any atom is -0.481 e. The molecule has 1 saturated carbocycles. The van der Waals surface area contributed by atoms with Crippen LogP contribution in [0.5, 0.6) is 0 Å². The van der Waals surface area contributed by atoms with E-state index in [1.54, 1.807) is 0 Å². The van der Waals surface area contributed by atoms with E-state index in [2.05, 4.69) is 45.3 Å². The van der Waals surface area contributed by atoms with Gasteiger partial charge < -0.3 is 30.0 Å². The molecule has 4 unspecified atom stereocenters. The van der Waals surface area contributed by atoms with Gasteiger partial charge in [0, 0.05) is 39.1 Å². The van der Waals surface area contributed by atoms with Gasteiger partial charge in [0.15, 0.2) is 0 Å². The average molecular weight is 613 g/mol. The van der Waals surface area contributed by atoms with E-state index in [9.17, 15) is 14.4 Å². The summed E-state index contributed by atoms with van der Waals surface area (Å²) in [4.78, 5) is 34.1. The Balaban J connectivity index is 1.89. The zero-order chi connectivity index (χ0) is 31.9. The number of carboxylic acid groups (broad SMARTS) is 1. The SMILES string of the molecule is CC(CCCC(C)CC(=O)NCCCOCCOCCOCCCNC(=O)CCC(=O)O)CCC1C(C)CCCC1(C)C. The van der Waals surface area contributed by atoms with Crippen LogP contribution in [0.3, 0.4) is 0 Å². The van der Waals surface area contributed by atoms with Crippen LogP contribution in [0.4, 0.5) is 0 Å². The van der Waals surface area contributed by atoms with Crippen LogP contribution in [0, 0.1) is 29.1 Å². The summed E-state index contributed by atoms with van der Waals surface area (Å²) in [5.41, 5.74) is 0.496. The Kier molecular flexibility index (Phi) is 21.6. The number of carboxylic acids is 1. The molecule has 0 bridgehead atoms. The third-order valence-corrected chi connectivity index (χ3v) is 8.95. The predicted molar refractivity (Wildman–Crippen MR) is 171 cm³/mol. The number of amides is 2. The largest absolute Gasteiger partial charge is 0.481 e. The second-order valence-corrected chi connectivity index (χ2v) is 13.5. The summed E-state index contributed by atoms with van der Waals surface area (Å²) in [6.07, 6.45) is 12.3. The van der Waals surface area contributed by atoms with Gasteiger partial charge in [-0.25, -0.2) is 0 Å². The minimum atomic E-state index is -0.975. The van der Waals surface area contributed by atoms with E-state index in [1.165, 1.54) is 44.9 Å². The van der Waals surface area contributed by atoms with Crippen molar-refractivity contribution >= 4 is 17.8 Å². The molecule has 0 aromatic carbocycles. The van der Waals surface area contributed by atoms with Gasteiger partial charge in [-0.3, -0.25) is 14.4 Å². The Morgan fingerprint density at radius 2 is 1.35 bits per heavy atom. The van der Waals surface area contributed by atoms with Crippen molar-refractivity contribution in [1.29, 1.82) is 0 Å². The Bertz CT molecular complexity index is 761. The van der Waals surface area contributed by atoms with Gasteiger partial charge >= 0.3 is 5.97 Å². The maximum atomic E-state index is 12.3. The summed E-state index contributed by atoms with van der Waals surface area (Å²) < 4.78 is 16.5. The summed E-state index contributed by atoms with van der Waals surface area (Å²) in [5, 5.41) is 14.2. The quantitative estimate of drug-likeness (QED) is 0.103. The van der Waals surface area contributed by atoms with Crippen molar-refractivity contribution in [3.05, 3.63) is 0 Å². The smallest absolute Gasteiger partial charge is 0.303 e. The van der Waals surface area contributed by atoms with Crippen LogP contribution >= 0.6 is 0 Å². The fourth-order valence-electron chi connectivity index (χ4n) is 6.28. The number of carbonyl (C=O) groups is 3. The van der Waals surface area contributed by atoms with Gasteiger partial charge in [0.1, 0.15) is 0 Å². The highest BCUT2D eigenvalue weighted by Gasteiger charge is 2.36. The summed E-state index contributed by atoms with van der Waals surface area (Å²) in [7, 11) is 0. The summed E-state index contributed by atoms with van der Waals surface area (Å²) >= 11 is 0. The number of ether oxygens (including phenoxy) is 3. The number of hydrogen-bond donors (Lipinski definition) is 3. The molecule has 1 aliphatic carbocycles. The van der Waals surface area contributed by atoms with Gasteiger partial charge in [0.2, 0.25) is 11.8 Å². The molecule has 0 aliphatic heterocycles. The van der Waals surface area contributed by atoms with Crippen molar-refractivity contribution in [3.8, 4) is 0 Å². The molecule has 0 saturated heterocycles. The molecule has 1 rings (SSSR count). The maximum absolute atomic E-state index is 12.3.